The van der Waals surface area contributed by atoms with Crippen molar-refractivity contribution in [2.75, 3.05) is 19.7 Å². The summed E-state index contributed by atoms with van der Waals surface area (Å²) in [6.07, 6.45) is 0.712. The molecule has 11 heteroatoms. The lowest BCUT2D eigenvalue weighted by Gasteiger charge is -2.06. The van der Waals surface area contributed by atoms with Gasteiger partial charge in [0.2, 0.25) is 0 Å². The second kappa shape index (κ2) is 8.43. The Hall–Kier alpha value is -2.95. The van der Waals surface area contributed by atoms with Gasteiger partial charge < -0.3 is 10.1 Å². The molecule has 1 aliphatic heterocycles. The van der Waals surface area contributed by atoms with Gasteiger partial charge in [0, 0.05) is 12.1 Å². The molecule has 1 aromatic carbocycles. The third kappa shape index (κ3) is 5.02. The quantitative estimate of drug-likeness (QED) is 0.566. The number of sulfonamides is 1. The number of aliphatic imine (C=N–C) groups is 1. The van der Waals surface area contributed by atoms with Gasteiger partial charge in [-0.15, -0.1) is 0 Å². The first kappa shape index (κ1) is 19.4. The first-order valence-corrected chi connectivity index (χ1v) is 9.21. The summed E-state index contributed by atoms with van der Waals surface area (Å²) < 4.78 is 30.7. The van der Waals surface area contributed by atoms with Crippen molar-refractivity contribution < 1.29 is 27.5 Å². The first-order chi connectivity index (χ1) is 12.3. The molecule has 0 saturated heterocycles. The molecule has 3 amide bonds. The maximum atomic E-state index is 11.9. The minimum absolute atomic E-state index is 0.0287. The van der Waals surface area contributed by atoms with Gasteiger partial charge in [0.25, 0.3) is 15.9 Å². The number of ether oxygens (including phenoxy) is 1. The van der Waals surface area contributed by atoms with Crippen LogP contribution < -0.4 is 15.4 Å². The van der Waals surface area contributed by atoms with Crippen molar-refractivity contribution in [1.29, 1.82) is 0 Å². The zero-order valence-electron chi connectivity index (χ0n) is 13.9. The summed E-state index contributed by atoms with van der Waals surface area (Å²) in [5.41, 5.74) is 0.352. The molecular weight excluding hydrogens is 364 g/mol. The van der Waals surface area contributed by atoms with Crippen molar-refractivity contribution in [3.8, 4) is 0 Å². The Morgan fingerprint density at radius 2 is 1.96 bits per heavy atom. The Morgan fingerprint density at radius 1 is 1.23 bits per heavy atom. The van der Waals surface area contributed by atoms with Crippen molar-refractivity contribution >= 4 is 33.8 Å². The minimum atomic E-state index is -3.69. The fraction of sp³-hybridized carbons (Fsp3) is 0.333. The second-order valence-corrected chi connectivity index (χ2v) is 6.88. The molecule has 1 aliphatic rings. The van der Waals surface area contributed by atoms with E-state index in [-0.39, 0.29) is 10.7 Å². The van der Waals surface area contributed by atoms with Gasteiger partial charge in [-0.3, -0.25) is 24.6 Å². The van der Waals surface area contributed by atoms with Crippen LogP contribution in [0.25, 0.3) is 0 Å². The molecule has 0 unspecified atom stereocenters. The lowest BCUT2D eigenvalue weighted by Crippen LogP contribution is -2.41. The summed E-state index contributed by atoms with van der Waals surface area (Å²) in [7, 11) is -3.69. The van der Waals surface area contributed by atoms with E-state index in [2.05, 4.69) is 15.0 Å². The van der Waals surface area contributed by atoms with Crippen LogP contribution in [0.5, 0.6) is 0 Å². The van der Waals surface area contributed by atoms with Crippen LogP contribution in [0, 0.1) is 0 Å². The summed E-state index contributed by atoms with van der Waals surface area (Å²) in [5, 5.41) is 4.43. The van der Waals surface area contributed by atoms with E-state index in [9.17, 15) is 22.8 Å². The fourth-order valence-corrected chi connectivity index (χ4v) is 3.28. The maximum Gasteiger partial charge on any atom is 0.328 e. The van der Waals surface area contributed by atoms with Crippen LogP contribution in [0.15, 0.2) is 34.2 Å². The molecule has 0 aliphatic carbocycles. The monoisotopic (exact) mass is 382 g/mol. The van der Waals surface area contributed by atoms with Gasteiger partial charge in [0.05, 0.1) is 4.90 Å². The van der Waals surface area contributed by atoms with Gasteiger partial charge in [-0.25, -0.2) is 13.2 Å². The van der Waals surface area contributed by atoms with Crippen LogP contribution >= 0.6 is 0 Å². The number of amidine groups is 1. The van der Waals surface area contributed by atoms with Crippen LogP contribution in [-0.2, 0) is 24.3 Å². The summed E-state index contributed by atoms with van der Waals surface area (Å²) in [6.45, 7) is 1.13. The predicted molar refractivity (Wildman–Crippen MR) is 91.0 cm³/mol. The normalized spacial score (nSPS) is 15.7. The summed E-state index contributed by atoms with van der Waals surface area (Å²) in [5.74, 6) is -1.60. The van der Waals surface area contributed by atoms with E-state index in [4.69, 9.17) is 4.74 Å². The molecule has 140 valence electrons. The zero-order chi connectivity index (χ0) is 19.2. The Kier molecular flexibility index (Phi) is 6.28. The predicted octanol–water partition coefficient (Wildman–Crippen LogP) is -0.496. The Balaban J connectivity index is 1.85. The third-order valence-electron chi connectivity index (χ3n) is 3.18. The molecule has 10 nitrogen and oxygen atoms in total. The standard InChI is InChI=1S/C15H18N4O6S/c1-2-7-16-15(22)18-12(20)9-25-13(21)8-17-14-10-5-3-4-6-11(10)26(23,24)19-14/h3-6H,2,7-9H2,1H3,(H,17,19)(H2,16,18,20,22). The van der Waals surface area contributed by atoms with E-state index in [1.54, 1.807) is 18.2 Å². The highest BCUT2D eigenvalue weighted by Crippen LogP contribution is 2.21. The van der Waals surface area contributed by atoms with Gasteiger partial charge >= 0.3 is 12.0 Å². The number of hydrogen-bond acceptors (Lipinski definition) is 7. The molecule has 0 saturated carbocycles. The number of esters is 1. The molecule has 0 bridgehead atoms. The number of carbonyl (C=O) groups excluding carboxylic acids is 3. The lowest BCUT2D eigenvalue weighted by molar-refractivity contribution is -0.146. The fourth-order valence-electron chi connectivity index (χ4n) is 2.03. The van der Waals surface area contributed by atoms with Crippen molar-refractivity contribution in [2.24, 2.45) is 4.99 Å². The minimum Gasteiger partial charge on any atom is -0.454 e. The molecule has 1 aromatic rings. The Labute approximate surface area is 150 Å². The van der Waals surface area contributed by atoms with E-state index in [0.717, 1.165) is 0 Å². The first-order valence-electron chi connectivity index (χ1n) is 7.73. The number of urea groups is 1. The molecule has 2 rings (SSSR count). The van der Waals surface area contributed by atoms with E-state index < -0.39 is 41.1 Å². The number of amides is 3. The van der Waals surface area contributed by atoms with E-state index in [0.29, 0.717) is 18.5 Å². The summed E-state index contributed by atoms with van der Waals surface area (Å²) in [4.78, 5) is 38.3. The Morgan fingerprint density at radius 3 is 2.69 bits per heavy atom. The molecule has 0 spiro atoms. The van der Waals surface area contributed by atoms with Crippen molar-refractivity contribution in [3.63, 3.8) is 0 Å². The van der Waals surface area contributed by atoms with Gasteiger partial charge in [0.1, 0.15) is 12.4 Å². The SMILES string of the molecule is CCCNC(=O)NC(=O)COC(=O)CN=C1NS(=O)(=O)c2ccccc21. The summed E-state index contributed by atoms with van der Waals surface area (Å²) in [6, 6.07) is 5.52. The van der Waals surface area contributed by atoms with Gasteiger partial charge in [0.15, 0.2) is 6.61 Å². The highest BCUT2D eigenvalue weighted by Gasteiger charge is 2.30. The van der Waals surface area contributed by atoms with Crippen molar-refractivity contribution in [2.45, 2.75) is 18.2 Å². The van der Waals surface area contributed by atoms with Gasteiger partial charge in [-0.2, -0.15) is 0 Å². The molecule has 26 heavy (non-hydrogen) atoms. The molecule has 0 aromatic heterocycles. The zero-order valence-corrected chi connectivity index (χ0v) is 14.8. The average molecular weight is 382 g/mol. The molecule has 0 atom stereocenters. The van der Waals surface area contributed by atoms with Crippen LogP contribution in [0.1, 0.15) is 18.9 Å². The molecular formula is C15H18N4O6S. The number of rotatable bonds is 6. The van der Waals surface area contributed by atoms with Crippen molar-refractivity contribution in [3.05, 3.63) is 29.8 Å². The maximum absolute atomic E-state index is 11.9. The number of fused-ring (bicyclic) bond motifs is 1. The lowest BCUT2D eigenvalue weighted by atomic mass is 10.2. The average Bonchev–Trinajstić information content (AvgIpc) is 2.87. The van der Waals surface area contributed by atoms with Gasteiger partial charge in [-0.05, 0) is 18.6 Å². The van der Waals surface area contributed by atoms with Crippen LogP contribution in [-0.4, -0.2) is 51.9 Å². The van der Waals surface area contributed by atoms with Crippen LogP contribution in [0.3, 0.4) is 0 Å². The van der Waals surface area contributed by atoms with Crippen LogP contribution in [0.4, 0.5) is 4.79 Å². The van der Waals surface area contributed by atoms with E-state index in [1.165, 1.54) is 6.07 Å². The highest BCUT2D eigenvalue weighted by atomic mass is 32.2. The number of benzene rings is 1. The van der Waals surface area contributed by atoms with E-state index >= 15 is 0 Å². The number of imide groups is 1. The highest BCUT2D eigenvalue weighted by molar-refractivity contribution is 7.90. The molecule has 0 fully saturated rings. The van der Waals surface area contributed by atoms with E-state index in [1.807, 2.05) is 12.2 Å². The number of hydrogen-bond donors (Lipinski definition) is 3. The number of nitrogens with one attached hydrogen (secondary N) is 3. The number of nitrogens with zero attached hydrogens (tertiary/aromatic N) is 1. The third-order valence-corrected chi connectivity index (χ3v) is 4.58. The largest absolute Gasteiger partial charge is 0.454 e. The molecule has 0 radical (unpaired) electrons. The number of carbonyl (C=O) groups is 3. The van der Waals surface area contributed by atoms with Crippen molar-refractivity contribution in [1.82, 2.24) is 15.4 Å². The Bertz CT molecular complexity index is 849. The second-order valence-electron chi connectivity index (χ2n) is 5.23. The summed E-state index contributed by atoms with van der Waals surface area (Å²) >= 11 is 0. The van der Waals surface area contributed by atoms with Gasteiger partial charge in [-0.1, -0.05) is 19.1 Å². The molecule has 1 heterocycles. The smallest absolute Gasteiger partial charge is 0.328 e. The molecule has 3 N–H and O–H groups in total. The topological polar surface area (TPSA) is 143 Å². The van der Waals surface area contributed by atoms with Crippen LogP contribution in [0.2, 0.25) is 0 Å².